The third-order valence-corrected chi connectivity index (χ3v) is 4.86. The molecule has 2 heterocycles. The van der Waals surface area contributed by atoms with Crippen molar-refractivity contribution in [3.05, 3.63) is 48.2 Å². The summed E-state index contributed by atoms with van der Waals surface area (Å²) in [6.45, 7) is 5.90. The minimum absolute atomic E-state index is 0.0458. The van der Waals surface area contributed by atoms with Gasteiger partial charge in [-0.1, -0.05) is 6.07 Å². The molecule has 3 rings (SSSR count). The fourth-order valence-electron chi connectivity index (χ4n) is 3.38. The maximum Gasteiger partial charge on any atom is 0.253 e. The molecule has 1 aromatic carbocycles. The summed E-state index contributed by atoms with van der Waals surface area (Å²) < 4.78 is 11.2. The molecule has 1 saturated heterocycles. The molecule has 0 aliphatic carbocycles. The highest BCUT2D eigenvalue weighted by atomic mass is 16.5. The molecule has 154 valence electrons. The summed E-state index contributed by atoms with van der Waals surface area (Å²) >= 11 is 0. The Balaban J connectivity index is 1.59. The second kappa shape index (κ2) is 9.91. The van der Waals surface area contributed by atoms with Crippen molar-refractivity contribution in [2.75, 3.05) is 31.6 Å². The van der Waals surface area contributed by atoms with Crippen LogP contribution in [0.15, 0.2) is 42.6 Å². The summed E-state index contributed by atoms with van der Waals surface area (Å²) in [5, 5.41) is 2.84. The zero-order valence-corrected chi connectivity index (χ0v) is 16.9. The van der Waals surface area contributed by atoms with E-state index in [1.54, 1.807) is 41.4 Å². The smallest absolute Gasteiger partial charge is 0.253 e. The molecule has 1 aliphatic heterocycles. The molecular formula is C22H27N3O4. The molecule has 29 heavy (non-hydrogen) atoms. The van der Waals surface area contributed by atoms with Crippen LogP contribution in [0.1, 0.15) is 37.0 Å². The van der Waals surface area contributed by atoms with Gasteiger partial charge >= 0.3 is 0 Å². The second-order valence-corrected chi connectivity index (χ2v) is 6.80. The van der Waals surface area contributed by atoms with Gasteiger partial charge in [-0.15, -0.1) is 0 Å². The number of anilines is 1. The van der Waals surface area contributed by atoms with Crippen LogP contribution in [0.2, 0.25) is 0 Å². The van der Waals surface area contributed by atoms with Crippen molar-refractivity contribution in [3.63, 3.8) is 0 Å². The number of aromatic nitrogens is 1. The highest BCUT2D eigenvalue weighted by Gasteiger charge is 2.28. The van der Waals surface area contributed by atoms with Gasteiger partial charge in [0.1, 0.15) is 5.82 Å². The number of amides is 2. The van der Waals surface area contributed by atoms with Crippen LogP contribution in [0, 0.1) is 5.92 Å². The minimum atomic E-state index is -0.125. The van der Waals surface area contributed by atoms with Gasteiger partial charge in [0.2, 0.25) is 5.91 Å². The van der Waals surface area contributed by atoms with E-state index >= 15 is 0 Å². The molecule has 0 saturated carbocycles. The fraction of sp³-hybridized carbons (Fsp3) is 0.409. The van der Waals surface area contributed by atoms with E-state index in [4.69, 9.17) is 9.47 Å². The standard InChI is InChI=1S/C22H27N3O4/c1-3-28-18-9-8-17(15-19(18)29-4-2)22(27)25-13-10-16(11-14-25)21(26)24-20-7-5-6-12-23-20/h5-9,12,15-16H,3-4,10-11,13-14H2,1-2H3,(H,23,24,26). The number of pyridine rings is 1. The van der Waals surface area contributed by atoms with E-state index in [-0.39, 0.29) is 17.7 Å². The lowest BCUT2D eigenvalue weighted by Crippen LogP contribution is -2.41. The molecular weight excluding hydrogens is 370 g/mol. The predicted molar refractivity (Wildman–Crippen MR) is 110 cm³/mol. The largest absolute Gasteiger partial charge is 0.490 e. The number of likely N-dealkylation sites (tertiary alicyclic amines) is 1. The molecule has 7 heteroatoms. The van der Waals surface area contributed by atoms with Gasteiger partial charge < -0.3 is 19.7 Å². The normalized spacial score (nSPS) is 14.3. The molecule has 1 aromatic heterocycles. The van der Waals surface area contributed by atoms with Crippen LogP contribution < -0.4 is 14.8 Å². The topological polar surface area (TPSA) is 80.8 Å². The predicted octanol–water partition coefficient (Wildman–Crippen LogP) is 3.37. The molecule has 2 aromatic rings. The van der Waals surface area contributed by atoms with Crippen molar-refractivity contribution >= 4 is 17.6 Å². The molecule has 0 radical (unpaired) electrons. The first-order chi connectivity index (χ1) is 14.1. The molecule has 0 bridgehead atoms. The molecule has 1 N–H and O–H groups in total. The molecule has 1 aliphatic rings. The highest BCUT2D eigenvalue weighted by Crippen LogP contribution is 2.30. The van der Waals surface area contributed by atoms with E-state index in [9.17, 15) is 9.59 Å². The van der Waals surface area contributed by atoms with Crippen LogP contribution >= 0.6 is 0 Å². The number of hydrogen-bond acceptors (Lipinski definition) is 5. The fourth-order valence-corrected chi connectivity index (χ4v) is 3.38. The summed E-state index contributed by atoms with van der Waals surface area (Å²) in [4.78, 5) is 31.3. The van der Waals surface area contributed by atoms with Crippen LogP contribution in [-0.2, 0) is 4.79 Å². The van der Waals surface area contributed by atoms with E-state index in [1.165, 1.54) is 0 Å². The Morgan fingerprint density at radius 3 is 2.45 bits per heavy atom. The SMILES string of the molecule is CCOc1ccc(C(=O)N2CCC(C(=O)Nc3ccccn3)CC2)cc1OCC. The van der Waals surface area contributed by atoms with Crippen LogP contribution in [0.4, 0.5) is 5.82 Å². The van der Waals surface area contributed by atoms with Gasteiger partial charge in [0.05, 0.1) is 13.2 Å². The molecule has 0 unspecified atom stereocenters. The van der Waals surface area contributed by atoms with Crippen LogP contribution in [0.25, 0.3) is 0 Å². The van der Waals surface area contributed by atoms with Gasteiger partial charge in [0.15, 0.2) is 11.5 Å². The van der Waals surface area contributed by atoms with E-state index < -0.39 is 0 Å². The van der Waals surface area contributed by atoms with Crippen LogP contribution in [-0.4, -0.2) is 48.0 Å². The van der Waals surface area contributed by atoms with Gasteiger partial charge in [-0.05, 0) is 57.0 Å². The molecule has 0 spiro atoms. The van der Waals surface area contributed by atoms with E-state index in [1.807, 2.05) is 19.9 Å². The van der Waals surface area contributed by atoms with Gasteiger partial charge in [-0.25, -0.2) is 4.98 Å². The Hall–Kier alpha value is -3.09. The molecule has 1 fully saturated rings. The quantitative estimate of drug-likeness (QED) is 0.775. The van der Waals surface area contributed by atoms with Crippen molar-refractivity contribution in [2.24, 2.45) is 5.92 Å². The summed E-state index contributed by atoms with van der Waals surface area (Å²) in [5.41, 5.74) is 0.563. The van der Waals surface area contributed by atoms with Crippen molar-refractivity contribution in [3.8, 4) is 11.5 Å². The van der Waals surface area contributed by atoms with Crippen molar-refractivity contribution in [1.29, 1.82) is 0 Å². The Morgan fingerprint density at radius 1 is 1.07 bits per heavy atom. The van der Waals surface area contributed by atoms with Crippen molar-refractivity contribution in [2.45, 2.75) is 26.7 Å². The van der Waals surface area contributed by atoms with Gasteiger partial charge in [0.25, 0.3) is 5.91 Å². The summed E-state index contributed by atoms with van der Waals surface area (Å²) in [6.07, 6.45) is 2.89. The maximum atomic E-state index is 12.9. The Morgan fingerprint density at radius 2 is 1.79 bits per heavy atom. The number of hydrogen-bond donors (Lipinski definition) is 1. The minimum Gasteiger partial charge on any atom is -0.490 e. The van der Waals surface area contributed by atoms with Crippen LogP contribution in [0.5, 0.6) is 11.5 Å². The lowest BCUT2D eigenvalue weighted by atomic mass is 9.95. The summed E-state index contributed by atoms with van der Waals surface area (Å²) in [6, 6.07) is 10.7. The number of carbonyl (C=O) groups excluding carboxylic acids is 2. The maximum absolute atomic E-state index is 12.9. The highest BCUT2D eigenvalue weighted by molar-refractivity contribution is 5.95. The Labute approximate surface area is 171 Å². The number of piperidine rings is 1. The first kappa shape index (κ1) is 20.6. The van der Waals surface area contributed by atoms with Gasteiger partial charge in [-0.3, -0.25) is 9.59 Å². The lowest BCUT2D eigenvalue weighted by molar-refractivity contribution is -0.121. The van der Waals surface area contributed by atoms with Crippen molar-refractivity contribution in [1.82, 2.24) is 9.88 Å². The summed E-state index contributed by atoms with van der Waals surface area (Å²) in [5.74, 6) is 1.53. The lowest BCUT2D eigenvalue weighted by Gasteiger charge is -2.31. The van der Waals surface area contributed by atoms with E-state index in [2.05, 4.69) is 10.3 Å². The first-order valence-electron chi connectivity index (χ1n) is 10.0. The zero-order chi connectivity index (χ0) is 20.6. The third kappa shape index (κ3) is 5.25. The molecule has 7 nitrogen and oxygen atoms in total. The van der Waals surface area contributed by atoms with E-state index in [0.717, 1.165) is 0 Å². The number of nitrogens with one attached hydrogen (secondary N) is 1. The van der Waals surface area contributed by atoms with Gasteiger partial charge in [-0.2, -0.15) is 0 Å². The zero-order valence-electron chi connectivity index (χ0n) is 16.9. The number of carbonyl (C=O) groups is 2. The second-order valence-electron chi connectivity index (χ2n) is 6.80. The molecule has 2 amide bonds. The average Bonchev–Trinajstić information content (AvgIpc) is 2.75. The number of nitrogens with zero attached hydrogens (tertiary/aromatic N) is 2. The monoisotopic (exact) mass is 397 g/mol. The first-order valence-corrected chi connectivity index (χ1v) is 10.0. The Kier molecular flexibility index (Phi) is 7.05. The third-order valence-electron chi connectivity index (χ3n) is 4.86. The average molecular weight is 397 g/mol. The number of rotatable bonds is 7. The van der Waals surface area contributed by atoms with Gasteiger partial charge in [0, 0.05) is 30.8 Å². The Bertz CT molecular complexity index is 833. The van der Waals surface area contributed by atoms with E-state index in [0.29, 0.717) is 62.0 Å². The number of benzene rings is 1. The summed E-state index contributed by atoms with van der Waals surface area (Å²) in [7, 11) is 0. The molecule has 0 atom stereocenters. The number of ether oxygens (including phenoxy) is 2. The van der Waals surface area contributed by atoms with Crippen molar-refractivity contribution < 1.29 is 19.1 Å². The van der Waals surface area contributed by atoms with Crippen LogP contribution in [0.3, 0.4) is 0 Å².